The molecule has 1 aliphatic carbocycles. The van der Waals surface area contributed by atoms with Crippen molar-refractivity contribution in [1.29, 1.82) is 0 Å². The lowest BCUT2D eigenvalue weighted by molar-refractivity contribution is 0.0810. The number of aliphatic hydroxyl groups excluding tert-OH is 1. The number of hydrogen-bond acceptors (Lipinski definition) is 2. The molecule has 1 aromatic rings. The van der Waals surface area contributed by atoms with Crippen molar-refractivity contribution < 1.29 is 5.11 Å². The van der Waals surface area contributed by atoms with E-state index in [2.05, 4.69) is 36.5 Å². The van der Waals surface area contributed by atoms with Gasteiger partial charge in [0.1, 0.15) is 0 Å². The first-order chi connectivity index (χ1) is 8.76. The zero-order chi connectivity index (χ0) is 12.8. The molecule has 1 fully saturated rings. The van der Waals surface area contributed by atoms with Gasteiger partial charge in [-0.2, -0.15) is 0 Å². The smallest absolute Gasteiger partial charge is 0.0499 e. The molecule has 0 amide bonds. The highest BCUT2D eigenvalue weighted by atomic mass is 16.3. The van der Waals surface area contributed by atoms with Crippen LogP contribution >= 0.6 is 0 Å². The molecule has 1 aliphatic rings. The monoisotopic (exact) mass is 247 g/mol. The Morgan fingerprint density at radius 1 is 1.17 bits per heavy atom. The molecule has 0 aromatic heterocycles. The summed E-state index contributed by atoms with van der Waals surface area (Å²) >= 11 is 0. The van der Waals surface area contributed by atoms with Gasteiger partial charge < -0.3 is 10.4 Å². The minimum atomic E-state index is 0.140. The summed E-state index contributed by atoms with van der Waals surface area (Å²) in [6.45, 7) is 4.33. The summed E-state index contributed by atoms with van der Waals surface area (Å²) in [7, 11) is 0. The quantitative estimate of drug-likeness (QED) is 0.838. The maximum absolute atomic E-state index is 9.65. The summed E-state index contributed by atoms with van der Waals surface area (Å²) in [6, 6.07) is 8.50. The Hall–Kier alpha value is -0.860. The van der Waals surface area contributed by atoms with E-state index in [0.717, 1.165) is 13.1 Å². The van der Waals surface area contributed by atoms with Gasteiger partial charge in [0.05, 0.1) is 0 Å². The summed E-state index contributed by atoms with van der Waals surface area (Å²) in [5, 5.41) is 13.2. The molecular formula is C16H25NO. The van der Waals surface area contributed by atoms with Crippen LogP contribution in [0.25, 0.3) is 0 Å². The summed E-state index contributed by atoms with van der Waals surface area (Å²) in [6.07, 6.45) is 6.22. The van der Waals surface area contributed by atoms with E-state index in [1.807, 2.05) is 0 Å². The molecule has 0 aliphatic heterocycles. The molecule has 0 heterocycles. The van der Waals surface area contributed by atoms with Gasteiger partial charge in [-0.15, -0.1) is 0 Å². The topological polar surface area (TPSA) is 32.3 Å². The standard InChI is InChI=1S/C16H25NO/c1-14-7-3-4-8-15(14)11-17-12-16(13-18)9-5-2-6-10-16/h3-4,7-8,17-18H,2,5-6,9-13H2,1H3. The molecule has 0 atom stereocenters. The fourth-order valence-corrected chi connectivity index (χ4v) is 2.96. The van der Waals surface area contributed by atoms with Crippen molar-refractivity contribution in [2.75, 3.05) is 13.2 Å². The van der Waals surface area contributed by atoms with E-state index in [4.69, 9.17) is 0 Å². The van der Waals surface area contributed by atoms with Crippen LogP contribution in [-0.4, -0.2) is 18.3 Å². The van der Waals surface area contributed by atoms with Crippen LogP contribution in [0, 0.1) is 12.3 Å². The van der Waals surface area contributed by atoms with E-state index >= 15 is 0 Å². The Labute approximate surface area is 110 Å². The van der Waals surface area contributed by atoms with Gasteiger partial charge in [-0.1, -0.05) is 43.5 Å². The third kappa shape index (κ3) is 3.33. The third-order valence-corrected chi connectivity index (χ3v) is 4.33. The third-order valence-electron chi connectivity index (χ3n) is 4.33. The van der Waals surface area contributed by atoms with Crippen LogP contribution in [0.3, 0.4) is 0 Å². The number of rotatable bonds is 5. The fraction of sp³-hybridized carbons (Fsp3) is 0.625. The van der Waals surface area contributed by atoms with E-state index in [1.165, 1.54) is 43.2 Å². The number of aliphatic hydroxyl groups is 1. The van der Waals surface area contributed by atoms with Crippen LogP contribution in [0.4, 0.5) is 0 Å². The number of aryl methyl sites for hydroxylation is 1. The molecule has 2 nitrogen and oxygen atoms in total. The van der Waals surface area contributed by atoms with E-state index in [-0.39, 0.29) is 5.41 Å². The summed E-state index contributed by atoms with van der Waals surface area (Å²) in [5.74, 6) is 0. The van der Waals surface area contributed by atoms with Crippen molar-refractivity contribution in [2.24, 2.45) is 5.41 Å². The Bertz CT molecular complexity index is 369. The molecule has 100 valence electrons. The zero-order valence-electron chi connectivity index (χ0n) is 11.4. The minimum Gasteiger partial charge on any atom is -0.396 e. The largest absolute Gasteiger partial charge is 0.396 e. The van der Waals surface area contributed by atoms with Crippen LogP contribution in [0.1, 0.15) is 43.2 Å². The number of nitrogens with one attached hydrogen (secondary N) is 1. The van der Waals surface area contributed by atoms with Crippen molar-refractivity contribution in [2.45, 2.75) is 45.6 Å². The first-order valence-electron chi connectivity index (χ1n) is 7.12. The zero-order valence-corrected chi connectivity index (χ0v) is 11.4. The van der Waals surface area contributed by atoms with Crippen molar-refractivity contribution >= 4 is 0 Å². The second-order valence-electron chi connectivity index (χ2n) is 5.75. The first-order valence-corrected chi connectivity index (χ1v) is 7.12. The lowest BCUT2D eigenvalue weighted by atomic mass is 9.74. The average Bonchev–Trinajstić information content (AvgIpc) is 2.42. The maximum Gasteiger partial charge on any atom is 0.0499 e. The van der Waals surface area contributed by atoms with Gasteiger partial charge in [0.15, 0.2) is 0 Å². The Morgan fingerprint density at radius 2 is 1.89 bits per heavy atom. The molecular weight excluding hydrogens is 222 g/mol. The van der Waals surface area contributed by atoms with Crippen LogP contribution in [-0.2, 0) is 6.54 Å². The van der Waals surface area contributed by atoms with Crippen molar-refractivity contribution in [3.8, 4) is 0 Å². The maximum atomic E-state index is 9.65. The number of benzene rings is 1. The molecule has 1 aromatic carbocycles. The second kappa shape index (κ2) is 6.35. The Kier molecular flexibility index (Phi) is 4.79. The van der Waals surface area contributed by atoms with E-state index in [1.54, 1.807) is 0 Å². The van der Waals surface area contributed by atoms with Gasteiger partial charge in [-0.25, -0.2) is 0 Å². The van der Waals surface area contributed by atoms with Gasteiger partial charge in [0, 0.05) is 25.1 Å². The van der Waals surface area contributed by atoms with Crippen LogP contribution in [0.2, 0.25) is 0 Å². The lowest BCUT2D eigenvalue weighted by Crippen LogP contribution is -2.38. The summed E-state index contributed by atoms with van der Waals surface area (Å²) < 4.78 is 0. The average molecular weight is 247 g/mol. The van der Waals surface area contributed by atoms with E-state index < -0.39 is 0 Å². The normalized spacial score (nSPS) is 18.8. The molecule has 2 rings (SSSR count). The molecule has 0 radical (unpaired) electrons. The molecule has 18 heavy (non-hydrogen) atoms. The first kappa shape index (κ1) is 13.6. The van der Waals surface area contributed by atoms with Crippen molar-refractivity contribution in [3.05, 3.63) is 35.4 Å². The van der Waals surface area contributed by atoms with Gasteiger partial charge in [-0.05, 0) is 30.9 Å². The van der Waals surface area contributed by atoms with Crippen LogP contribution < -0.4 is 5.32 Å². The minimum absolute atomic E-state index is 0.140. The highest BCUT2D eigenvalue weighted by molar-refractivity contribution is 5.25. The molecule has 0 unspecified atom stereocenters. The summed E-state index contributed by atoms with van der Waals surface area (Å²) in [5.41, 5.74) is 2.84. The van der Waals surface area contributed by atoms with Gasteiger partial charge >= 0.3 is 0 Å². The molecule has 2 heteroatoms. The Balaban J connectivity index is 1.85. The lowest BCUT2D eigenvalue weighted by Gasteiger charge is -2.35. The van der Waals surface area contributed by atoms with Crippen molar-refractivity contribution in [3.63, 3.8) is 0 Å². The van der Waals surface area contributed by atoms with Gasteiger partial charge in [0.25, 0.3) is 0 Å². The SMILES string of the molecule is Cc1ccccc1CNCC1(CO)CCCCC1. The fourth-order valence-electron chi connectivity index (χ4n) is 2.96. The number of hydrogen-bond donors (Lipinski definition) is 2. The van der Waals surface area contributed by atoms with E-state index in [0.29, 0.717) is 6.61 Å². The predicted molar refractivity (Wildman–Crippen MR) is 75.5 cm³/mol. The molecule has 0 bridgehead atoms. The highest BCUT2D eigenvalue weighted by Gasteiger charge is 2.30. The highest BCUT2D eigenvalue weighted by Crippen LogP contribution is 2.35. The molecule has 2 N–H and O–H groups in total. The van der Waals surface area contributed by atoms with Gasteiger partial charge in [0.2, 0.25) is 0 Å². The summed E-state index contributed by atoms with van der Waals surface area (Å²) in [4.78, 5) is 0. The predicted octanol–water partition coefficient (Wildman–Crippen LogP) is 3.03. The van der Waals surface area contributed by atoms with Crippen molar-refractivity contribution in [1.82, 2.24) is 5.32 Å². The van der Waals surface area contributed by atoms with E-state index in [9.17, 15) is 5.11 Å². The molecule has 1 saturated carbocycles. The van der Waals surface area contributed by atoms with Crippen LogP contribution in [0.15, 0.2) is 24.3 Å². The van der Waals surface area contributed by atoms with Gasteiger partial charge in [-0.3, -0.25) is 0 Å². The molecule has 0 spiro atoms. The Morgan fingerprint density at radius 3 is 2.56 bits per heavy atom. The molecule has 0 saturated heterocycles. The second-order valence-corrected chi connectivity index (χ2v) is 5.75. The van der Waals surface area contributed by atoms with Crippen LogP contribution in [0.5, 0.6) is 0 Å².